The number of benzene rings is 6. The quantitative estimate of drug-likeness (QED) is 0.0755. The largest absolute Gasteiger partial charge is 0.374 e. The number of ether oxygens (including phenoxy) is 9. The predicted molar refractivity (Wildman–Crippen MR) is 241 cm³/mol. The van der Waals surface area contributed by atoms with Gasteiger partial charge < -0.3 is 47.7 Å². The lowest BCUT2D eigenvalue weighted by atomic mass is 9.96. The first kappa shape index (κ1) is 45.5. The molecule has 64 heavy (non-hydrogen) atoms. The van der Waals surface area contributed by atoms with Crippen molar-refractivity contribution in [3.63, 3.8) is 0 Å². The first-order valence-corrected chi connectivity index (χ1v) is 22.1. The van der Waals surface area contributed by atoms with Gasteiger partial charge in [0.15, 0.2) is 12.6 Å². The molecule has 2 aliphatic heterocycles. The molecule has 0 aliphatic carbocycles. The van der Waals surface area contributed by atoms with Crippen LogP contribution in [0, 0.1) is 0 Å². The summed E-state index contributed by atoms with van der Waals surface area (Å²) in [5, 5.41) is 11.8. The lowest BCUT2D eigenvalue weighted by Gasteiger charge is -2.49. The highest BCUT2D eigenvalue weighted by atomic mass is 16.7. The van der Waals surface area contributed by atoms with E-state index < -0.39 is 61.4 Å². The molecule has 334 valence electrons. The van der Waals surface area contributed by atoms with Gasteiger partial charge in [0.25, 0.3) is 0 Å². The van der Waals surface area contributed by atoms with Crippen LogP contribution in [0.4, 0.5) is 0 Å². The van der Waals surface area contributed by atoms with E-state index in [2.05, 4.69) is 0 Å². The highest BCUT2D eigenvalue weighted by molar-refractivity contribution is 5.18. The SMILES string of the molecule is C[C@@H]1O[C@@H](O[C@H]2[C@H](OCc3ccccc3)[C@@H](OCc3ccccc3)[C@H](O)O[C@@H]2COCc2ccccc2)[C@H](OCc2ccccc2)[C@H](OCc2ccccc2)[C@H]1OCc1ccccc1. The van der Waals surface area contributed by atoms with Gasteiger partial charge in [0.2, 0.25) is 0 Å². The Morgan fingerprint density at radius 3 is 1.11 bits per heavy atom. The zero-order valence-electron chi connectivity index (χ0n) is 36.2. The summed E-state index contributed by atoms with van der Waals surface area (Å²) in [6.07, 6.45) is -8.44. The van der Waals surface area contributed by atoms with Crippen molar-refractivity contribution >= 4 is 0 Å². The van der Waals surface area contributed by atoms with Crippen LogP contribution < -0.4 is 0 Å². The summed E-state index contributed by atoms with van der Waals surface area (Å²) >= 11 is 0. The molecule has 6 aromatic carbocycles. The molecule has 6 aromatic rings. The zero-order chi connectivity index (χ0) is 43.8. The molecule has 2 saturated heterocycles. The average Bonchev–Trinajstić information content (AvgIpc) is 3.34. The lowest BCUT2D eigenvalue weighted by Crippen LogP contribution is -2.65. The monoisotopic (exact) mass is 866 g/mol. The van der Waals surface area contributed by atoms with Crippen molar-refractivity contribution in [1.29, 1.82) is 0 Å². The van der Waals surface area contributed by atoms with Gasteiger partial charge >= 0.3 is 0 Å². The van der Waals surface area contributed by atoms with Crippen LogP contribution in [-0.4, -0.2) is 73.1 Å². The second kappa shape index (κ2) is 23.7. The van der Waals surface area contributed by atoms with Crippen LogP contribution >= 0.6 is 0 Å². The molecule has 10 heteroatoms. The van der Waals surface area contributed by atoms with Gasteiger partial charge in [-0.3, -0.25) is 0 Å². The van der Waals surface area contributed by atoms with Crippen molar-refractivity contribution < 1.29 is 47.7 Å². The van der Waals surface area contributed by atoms with E-state index >= 15 is 0 Å². The molecule has 0 aromatic heterocycles. The summed E-state index contributed by atoms with van der Waals surface area (Å²) < 4.78 is 60.8. The molecular formula is C54H58O10. The van der Waals surface area contributed by atoms with E-state index in [0.717, 1.165) is 33.4 Å². The van der Waals surface area contributed by atoms with E-state index in [0.29, 0.717) is 19.8 Å². The minimum atomic E-state index is -1.37. The molecule has 10 atom stereocenters. The second-order valence-corrected chi connectivity index (χ2v) is 16.2. The molecule has 10 nitrogen and oxygen atoms in total. The van der Waals surface area contributed by atoms with E-state index in [1.165, 1.54) is 0 Å². The fraction of sp³-hybridized carbons (Fsp3) is 0.333. The van der Waals surface area contributed by atoms with Crippen LogP contribution in [0.3, 0.4) is 0 Å². The molecule has 0 saturated carbocycles. The number of rotatable bonds is 21. The Balaban J connectivity index is 1.14. The van der Waals surface area contributed by atoms with Gasteiger partial charge in [-0.2, -0.15) is 0 Å². The molecule has 0 unspecified atom stereocenters. The number of hydrogen-bond acceptors (Lipinski definition) is 10. The van der Waals surface area contributed by atoms with E-state index in [9.17, 15) is 5.11 Å². The summed E-state index contributed by atoms with van der Waals surface area (Å²) in [6.45, 7) is 3.67. The Kier molecular flexibility index (Phi) is 16.9. The predicted octanol–water partition coefficient (Wildman–Crippen LogP) is 8.98. The van der Waals surface area contributed by atoms with Crippen LogP contribution in [0.5, 0.6) is 0 Å². The third kappa shape index (κ3) is 12.8. The van der Waals surface area contributed by atoms with Gasteiger partial charge in [-0.05, 0) is 40.3 Å². The van der Waals surface area contributed by atoms with Gasteiger partial charge in [0, 0.05) is 0 Å². The van der Waals surface area contributed by atoms with Crippen molar-refractivity contribution in [2.24, 2.45) is 0 Å². The first-order valence-electron chi connectivity index (χ1n) is 22.1. The van der Waals surface area contributed by atoms with Crippen LogP contribution in [0.15, 0.2) is 182 Å². The fourth-order valence-corrected chi connectivity index (χ4v) is 8.09. The summed E-state index contributed by atoms with van der Waals surface area (Å²) in [5.74, 6) is 0. The van der Waals surface area contributed by atoms with Crippen molar-refractivity contribution in [3.8, 4) is 0 Å². The highest BCUT2D eigenvalue weighted by Crippen LogP contribution is 2.36. The van der Waals surface area contributed by atoms with Crippen LogP contribution in [0.1, 0.15) is 40.3 Å². The highest BCUT2D eigenvalue weighted by Gasteiger charge is 2.53. The molecular weight excluding hydrogens is 809 g/mol. The lowest BCUT2D eigenvalue weighted by molar-refractivity contribution is -0.370. The minimum absolute atomic E-state index is 0.0712. The molecule has 0 radical (unpaired) electrons. The van der Waals surface area contributed by atoms with E-state index in [4.69, 9.17) is 42.6 Å². The summed E-state index contributed by atoms with van der Waals surface area (Å²) in [4.78, 5) is 0. The Morgan fingerprint density at radius 1 is 0.375 bits per heavy atom. The third-order valence-electron chi connectivity index (χ3n) is 11.4. The third-order valence-corrected chi connectivity index (χ3v) is 11.4. The number of aliphatic hydroxyl groups is 1. The van der Waals surface area contributed by atoms with Gasteiger partial charge in [-0.1, -0.05) is 182 Å². The molecule has 2 fully saturated rings. The fourth-order valence-electron chi connectivity index (χ4n) is 8.09. The van der Waals surface area contributed by atoms with Crippen molar-refractivity contribution in [2.75, 3.05) is 6.61 Å². The molecule has 0 bridgehead atoms. The maximum absolute atomic E-state index is 11.8. The summed E-state index contributed by atoms with van der Waals surface area (Å²) in [6, 6.07) is 59.7. The molecule has 8 rings (SSSR count). The van der Waals surface area contributed by atoms with E-state index in [1.54, 1.807) is 0 Å². The van der Waals surface area contributed by atoms with Gasteiger partial charge in [0.05, 0.1) is 52.4 Å². The molecule has 0 spiro atoms. The summed E-state index contributed by atoms with van der Waals surface area (Å²) in [7, 11) is 0. The zero-order valence-corrected chi connectivity index (χ0v) is 36.2. The maximum atomic E-state index is 11.8. The van der Waals surface area contributed by atoms with E-state index in [1.807, 2.05) is 189 Å². The minimum Gasteiger partial charge on any atom is -0.374 e. The number of hydrogen-bond donors (Lipinski definition) is 1. The number of aliphatic hydroxyl groups excluding tert-OH is 1. The summed E-state index contributed by atoms with van der Waals surface area (Å²) in [5.41, 5.74) is 5.87. The first-order chi connectivity index (χ1) is 31.6. The Labute approximate surface area is 376 Å². The van der Waals surface area contributed by atoms with Crippen LogP contribution in [0.2, 0.25) is 0 Å². The maximum Gasteiger partial charge on any atom is 0.187 e. The molecule has 2 heterocycles. The van der Waals surface area contributed by atoms with Gasteiger partial charge in [0.1, 0.15) is 42.7 Å². The standard InChI is InChI=1S/C54H58O10/c1-39-47(57-33-41-22-10-3-11-23-41)49(58-34-42-24-12-4-13-25-42)52(61-37-45-30-18-7-19-31-45)54(62-39)64-48-46(38-56-32-40-20-8-2-9-21-40)63-53(55)51(60-36-44-28-16-6-17-29-44)50(48)59-35-43-26-14-5-15-27-43/h2-31,39,46-55H,32-38H2,1H3/t39-,46+,47-,48+,49+,50-,51+,52+,53+,54-/m0/s1. The van der Waals surface area contributed by atoms with Crippen molar-refractivity contribution in [1.82, 2.24) is 0 Å². The Hall–Kier alpha value is -5.08. The van der Waals surface area contributed by atoms with Crippen LogP contribution in [-0.2, 0) is 82.3 Å². The average molecular weight is 867 g/mol. The van der Waals surface area contributed by atoms with E-state index in [-0.39, 0.29) is 26.4 Å². The second-order valence-electron chi connectivity index (χ2n) is 16.2. The van der Waals surface area contributed by atoms with Crippen molar-refractivity contribution in [3.05, 3.63) is 215 Å². The molecule has 0 amide bonds. The van der Waals surface area contributed by atoms with Crippen LogP contribution in [0.25, 0.3) is 0 Å². The molecule has 2 aliphatic rings. The smallest absolute Gasteiger partial charge is 0.187 e. The molecule has 1 N–H and O–H groups in total. The van der Waals surface area contributed by atoms with Gasteiger partial charge in [-0.15, -0.1) is 0 Å². The topological polar surface area (TPSA) is 103 Å². The Bertz CT molecular complexity index is 2190. The Morgan fingerprint density at radius 2 is 0.703 bits per heavy atom. The van der Waals surface area contributed by atoms with Gasteiger partial charge in [-0.25, -0.2) is 0 Å². The van der Waals surface area contributed by atoms with Crippen molar-refractivity contribution in [2.45, 2.75) is 108 Å². The normalized spacial score (nSPS) is 25.8.